The first kappa shape index (κ1) is 19.6. The summed E-state index contributed by atoms with van der Waals surface area (Å²) < 4.78 is 11.4. The van der Waals surface area contributed by atoms with Gasteiger partial charge in [0.25, 0.3) is 0 Å². The predicted molar refractivity (Wildman–Crippen MR) is 121 cm³/mol. The van der Waals surface area contributed by atoms with Gasteiger partial charge in [-0.25, -0.2) is 0 Å². The van der Waals surface area contributed by atoms with E-state index in [1.807, 2.05) is 48.5 Å². The summed E-state index contributed by atoms with van der Waals surface area (Å²) in [6.07, 6.45) is 2.11. The minimum Gasteiger partial charge on any atom is -0.486 e. The van der Waals surface area contributed by atoms with E-state index in [9.17, 15) is 4.79 Å². The molecular formula is C26H26N2O3. The number of fused-ring (bicyclic) bond motifs is 1. The average molecular weight is 415 g/mol. The van der Waals surface area contributed by atoms with Crippen molar-refractivity contribution < 1.29 is 14.3 Å². The highest BCUT2D eigenvalue weighted by atomic mass is 16.6. The molecule has 2 aliphatic rings. The number of carbonyl (C=O) groups is 1. The highest BCUT2D eigenvalue weighted by Crippen LogP contribution is 2.38. The number of anilines is 1. The average Bonchev–Trinajstić information content (AvgIpc) is 3.27. The molecule has 0 spiro atoms. The Bertz CT molecular complexity index is 1070. The van der Waals surface area contributed by atoms with Crippen LogP contribution in [-0.4, -0.2) is 37.1 Å². The van der Waals surface area contributed by atoms with Gasteiger partial charge in [0.2, 0.25) is 5.91 Å². The van der Waals surface area contributed by atoms with Gasteiger partial charge < -0.3 is 14.8 Å². The number of nitrogens with one attached hydrogen (secondary N) is 1. The van der Waals surface area contributed by atoms with Crippen molar-refractivity contribution in [2.45, 2.75) is 18.9 Å². The fourth-order valence-corrected chi connectivity index (χ4v) is 4.50. The molecule has 2 aliphatic heterocycles. The normalized spacial score (nSPS) is 18.0. The third-order valence-corrected chi connectivity index (χ3v) is 5.95. The summed E-state index contributed by atoms with van der Waals surface area (Å²) in [5.74, 6) is 1.61. The number of ether oxygens (including phenoxy) is 2. The molecule has 0 aliphatic carbocycles. The summed E-state index contributed by atoms with van der Waals surface area (Å²) in [7, 11) is 0. The Balaban J connectivity index is 1.30. The summed E-state index contributed by atoms with van der Waals surface area (Å²) in [5, 5.41) is 3.13. The van der Waals surface area contributed by atoms with Crippen LogP contribution in [0.4, 0.5) is 5.69 Å². The first-order chi connectivity index (χ1) is 15.3. The minimum atomic E-state index is 0.00724. The predicted octanol–water partition coefficient (Wildman–Crippen LogP) is 4.90. The second kappa shape index (κ2) is 8.82. The number of hydrogen-bond acceptors (Lipinski definition) is 4. The van der Waals surface area contributed by atoms with E-state index < -0.39 is 0 Å². The Morgan fingerprint density at radius 2 is 1.71 bits per heavy atom. The van der Waals surface area contributed by atoms with E-state index in [0.717, 1.165) is 47.7 Å². The highest BCUT2D eigenvalue weighted by molar-refractivity contribution is 5.96. The number of rotatable bonds is 5. The van der Waals surface area contributed by atoms with Crippen LogP contribution < -0.4 is 14.8 Å². The minimum absolute atomic E-state index is 0.00724. The van der Waals surface area contributed by atoms with Gasteiger partial charge in [-0.2, -0.15) is 0 Å². The van der Waals surface area contributed by atoms with Gasteiger partial charge in [0.05, 0.1) is 6.54 Å². The van der Waals surface area contributed by atoms with E-state index in [1.54, 1.807) is 0 Å². The molecule has 5 rings (SSSR count). The molecule has 5 nitrogen and oxygen atoms in total. The van der Waals surface area contributed by atoms with Gasteiger partial charge in [-0.3, -0.25) is 9.69 Å². The van der Waals surface area contributed by atoms with Crippen LogP contribution in [0, 0.1) is 0 Å². The van der Waals surface area contributed by atoms with Gasteiger partial charge in [0, 0.05) is 17.3 Å². The van der Waals surface area contributed by atoms with E-state index in [4.69, 9.17) is 9.47 Å². The van der Waals surface area contributed by atoms with Gasteiger partial charge in [-0.05, 0) is 48.7 Å². The maximum Gasteiger partial charge on any atom is 0.238 e. The van der Waals surface area contributed by atoms with Crippen molar-refractivity contribution in [3.63, 3.8) is 0 Å². The molecule has 31 heavy (non-hydrogen) atoms. The molecule has 3 aromatic rings. The molecule has 0 saturated carbocycles. The first-order valence-corrected chi connectivity index (χ1v) is 10.9. The summed E-state index contributed by atoms with van der Waals surface area (Å²) in [5.41, 5.74) is 4.14. The number of amides is 1. The Hall–Kier alpha value is -3.31. The Kier molecular flexibility index (Phi) is 5.59. The SMILES string of the molecule is O=C(CN1CCC[C@H]1c1ccc2c(c1)OCCO2)Nc1ccccc1-c1ccccc1. The standard InChI is InChI=1S/C26H26N2O3/c29-26(27-22-10-5-4-9-21(22)19-7-2-1-3-8-19)18-28-14-6-11-23(28)20-12-13-24-25(17-20)31-16-15-30-24/h1-5,7-10,12-13,17,23H,6,11,14-16,18H2,(H,27,29)/t23-/m0/s1. The topological polar surface area (TPSA) is 50.8 Å². The monoisotopic (exact) mass is 414 g/mol. The molecule has 1 N–H and O–H groups in total. The summed E-state index contributed by atoms with van der Waals surface area (Å²) in [6.45, 7) is 2.44. The smallest absolute Gasteiger partial charge is 0.238 e. The number of para-hydroxylation sites is 1. The van der Waals surface area contributed by atoms with Crippen molar-refractivity contribution in [3.05, 3.63) is 78.4 Å². The quantitative estimate of drug-likeness (QED) is 0.645. The zero-order valence-electron chi connectivity index (χ0n) is 17.4. The second-order valence-corrected chi connectivity index (χ2v) is 7.99. The largest absolute Gasteiger partial charge is 0.486 e. The van der Waals surface area contributed by atoms with Crippen molar-refractivity contribution in [2.75, 3.05) is 31.6 Å². The fraction of sp³-hybridized carbons (Fsp3) is 0.269. The van der Waals surface area contributed by atoms with E-state index in [-0.39, 0.29) is 11.9 Å². The van der Waals surface area contributed by atoms with Crippen LogP contribution in [0.15, 0.2) is 72.8 Å². The van der Waals surface area contributed by atoms with E-state index >= 15 is 0 Å². The summed E-state index contributed by atoms with van der Waals surface area (Å²) >= 11 is 0. The van der Waals surface area contributed by atoms with Crippen LogP contribution >= 0.6 is 0 Å². The molecular weight excluding hydrogens is 388 g/mol. The third-order valence-electron chi connectivity index (χ3n) is 5.95. The molecule has 0 unspecified atom stereocenters. The molecule has 0 radical (unpaired) electrons. The number of likely N-dealkylation sites (tertiary alicyclic amines) is 1. The molecule has 5 heteroatoms. The van der Waals surface area contributed by atoms with Crippen LogP contribution in [0.25, 0.3) is 11.1 Å². The summed E-state index contributed by atoms with van der Waals surface area (Å²) in [6, 6.07) is 24.4. The maximum atomic E-state index is 13.0. The van der Waals surface area contributed by atoms with Gasteiger partial charge in [0.1, 0.15) is 13.2 Å². The van der Waals surface area contributed by atoms with Crippen molar-refractivity contribution in [1.29, 1.82) is 0 Å². The maximum absolute atomic E-state index is 13.0. The summed E-state index contributed by atoms with van der Waals surface area (Å²) in [4.78, 5) is 15.2. The second-order valence-electron chi connectivity index (χ2n) is 7.99. The molecule has 2 heterocycles. The van der Waals surface area contributed by atoms with Crippen LogP contribution in [0.5, 0.6) is 11.5 Å². The van der Waals surface area contributed by atoms with Gasteiger partial charge >= 0.3 is 0 Å². The third kappa shape index (κ3) is 4.28. The lowest BCUT2D eigenvalue weighted by Gasteiger charge is -2.26. The molecule has 3 aromatic carbocycles. The molecule has 158 valence electrons. The molecule has 1 amide bonds. The Morgan fingerprint density at radius 1 is 0.935 bits per heavy atom. The van der Waals surface area contributed by atoms with Gasteiger partial charge in [-0.1, -0.05) is 54.6 Å². The lowest BCUT2D eigenvalue weighted by atomic mass is 10.0. The molecule has 0 bridgehead atoms. The zero-order chi connectivity index (χ0) is 21.0. The van der Waals surface area contributed by atoms with Gasteiger partial charge in [0.15, 0.2) is 11.5 Å². The van der Waals surface area contributed by atoms with Crippen LogP contribution in [0.1, 0.15) is 24.4 Å². The van der Waals surface area contributed by atoms with Crippen molar-refractivity contribution >= 4 is 11.6 Å². The van der Waals surface area contributed by atoms with Crippen LogP contribution in [-0.2, 0) is 4.79 Å². The van der Waals surface area contributed by atoms with Crippen LogP contribution in [0.2, 0.25) is 0 Å². The number of hydrogen-bond donors (Lipinski definition) is 1. The molecule has 1 saturated heterocycles. The Labute approximate surface area is 182 Å². The molecule has 0 aromatic heterocycles. The van der Waals surface area contributed by atoms with Crippen molar-refractivity contribution in [3.8, 4) is 22.6 Å². The Morgan fingerprint density at radius 3 is 2.58 bits per heavy atom. The van der Waals surface area contributed by atoms with E-state index in [1.165, 1.54) is 5.56 Å². The number of benzene rings is 3. The van der Waals surface area contributed by atoms with E-state index in [0.29, 0.717) is 19.8 Å². The lowest BCUT2D eigenvalue weighted by Crippen LogP contribution is -2.33. The number of nitrogens with zero attached hydrogens (tertiary/aromatic N) is 1. The molecule has 1 fully saturated rings. The van der Waals surface area contributed by atoms with Crippen molar-refractivity contribution in [2.24, 2.45) is 0 Å². The number of carbonyl (C=O) groups excluding carboxylic acids is 1. The zero-order valence-corrected chi connectivity index (χ0v) is 17.4. The fourth-order valence-electron chi connectivity index (χ4n) is 4.50. The lowest BCUT2D eigenvalue weighted by molar-refractivity contribution is -0.117. The highest BCUT2D eigenvalue weighted by Gasteiger charge is 2.29. The van der Waals surface area contributed by atoms with Gasteiger partial charge in [-0.15, -0.1) is 0 Å². The first-order valence-electron chi connectivity index (χ1n) is 10.9. The van der Waals surface area contributed by atoms with Crippen LogP contribution in [0.3, 0.4) is 0 Å². The van der Waals surface area contributed by atoms with Crippen molar-refractivity contribution in [1.82, 2.24) is 4.90 Å². The molecule has 1 atom stereocenters. The van der Waals surface area contributed by atoms with E-state index in [2.05, 4.69) is 34.5 Å².